The molecule has 0 spiro atoms. The van der Waals surface area contributed by atoms with Crippen LogP contribution in [0.1, 0.15) is 12.5 Å². The first-order valence-electron chi connectivity index (χ1n) is 14.1. The lowest BCUT2D eigenvalue weighted by molar-refractivity contribution is -0.0427. The number of anilines is 2. The highest BCUT2D eigenvalue weighted by Gasteiger charge is 2.49. The molecule has 4 N–H and O–H groups in total. The van der Waals surface area contributed by atoms with Gasteiger partial charge in [-0.2, -0.15) is 0 Å². The van der Waals surface area contributed by atoms with Crippen molar-refractivity contribution in [2.24, 2.45) is 0 Å². The van der Waals surface area contributed by atoms with Crippen LogP contribution in [0.4, 0.5) is 20.4 Å². The van der Waals surface area contributed by atoms with Gasteiger partial charge in [0.1, 0.15) is 37.1 Å². The maximum atomic E-state index is 15.2. The molecule has 2 fully saturated rings. The largest absolute Gasteiger partial charge is 0.394 e. The van der Waals surface area contributed by atoms with E-state index in [9.17, 15) is 19.3 Å². The van der Waals surface area contributed by atoms with Crippen LogP contribution >= 0.6 is 39.0 Å². The molecule has 0 aliphatic carbocycles. The van der Waals surface area contributed by atoms with Crippen molar-refractivity contribution in [3.8, 4) is 11.8 Å². The second kappa shape index (κ2) is 15.3. The fourth-order valence-corrected chi connectivity index (χ4v) is 7.12. The number of nitrogens with zero attached hydrogens (tertiary/aromatic N) is 8. The molecule has 4 aromatic heterocycles. The summed E-state index contributed by atoms with van der Waals surface area (Å²) in [5.74, 6) is 6.49. The number of aliphatic hydroxyl groups excluding tert-OH is 2. The van der Waals surface area contributed by atoms with Crippen LogP contribution in [-0.4, -0.2) is 112 Å². The molecule has 48 heavy (non-hydrogen) atoms. The van der Waals surface area contributed by atoms with Crippen LogP contribution in [0.2, 0.25) is 0 Å². The van der Waals surface area contributed by atoms with E-state index in [1.807, 2.05) is 0 Å². The third-order valence-corrected chi connectivity index (χ3v) is 9.03. The summed E-state index contributed by atoms with van der Waals surface area (Å²) in [5, 5.41) is 25.3. The van der Waals surface area contributed by atoms with Crippen LogP contribution in [0.3, 0.4) is 0 Å². The molecule has 6 heterocycles. The Morgan fingerprint density at radius 3 is 1.56 bits per heavy atom. The number of alkyl halides is 2. The first-order valence-corrected chi connectivity index (χ1v) is 19.3. The van der Waals surface area contributed by atoms with Crippen molar-refractivity contribution < 1.29 is 46.6 Å². The second-order valence-corrected chi connectivity index (χ2v) is 14.0. The number of hydrogen-bond acceptors (Lipinski definition) is 16. The zero-order valence-electron chi connectivity index (χ0n) is 24.3. The van der Waals surface area contributed by atoms with E-state index in [2.05, 4.69) is 76.9 Å². The molecule has 0 aromatic carbocycles. The van der Waals surface area contributed by atoms with E-state index in [0.29, 0.717) is 22.7 Å². The standard InChI is InChI=1S/C24H28F2N10O8P2S2/c25-13-17(43-45(39)47)11(5-37)41-23(13)35-9-33-15-19(29-7-31-21(15)35)27-3-1-2-4-28-20-16-22(32-8-30-20)36(10-34-16)24-14(26)18(44-46(40)48)12(6-38)42-24/h7-14,17-18,23-24,37-38,45-46H,3-6H2,(H,39,47)(H,40,48)(H,27,29,31)(H,28,30,32)/t11-,12-,13-,14-,17-,18-,23-,24-/m1/s1. The summed E-state index contributed by atoms with van der Waals surface area (Å²) in [7, 11) is -5.60. The van der Waals surface area contributed by atoms with Crippen molar-refractivity contribution >= 4 is 72.9 Å². The van der Waals surface area contributed by atoms with Crippen LogP contribution < -0.4 is 10.6 Å². The molecule has 0 saturated carbocycles. The molecule has 2 saturated heterocycles. The lowest BCUT2D eigenvalue weighted by Gasteiger charge is -2.16. The van der Waals surface area contributed by atoms with Gasteiger partial charge in [-0.15, -0.1) is 0 Å². The molecule has 0 radical (unpaired) electrons. The van der Waals surface area contributed by atoms with Crippen LogP contribution in [0.15, 0.2) is 25.3 Å². The van der Waals surface area contributed by atoms with E-state index < -0.39 is 76.9 Å². The van der Waals surface area contributed by atoms with Crippen LogP contribution in [0.5, 0.6) is 0 Å². The van der Waals surface area contributed by atoms with Gasteiger partial charge in [0, 0.05) is 0 Å². The van der Waals surface area contributed by atoms with Crippen molar-refractivity contribution in [1.82, 2.24) is 39.0 Å². The second-order valence-electron chi connectivity index (χ2n) is 10.2. The molecule has 6 rings (SSSR count). The molecule has 0 bridgehead atoms. The zero-order valence-corrected chi connectivity index (χ0v) is 28.1. The van der Waals surface area contributed by atoms with Gasteiger partial charge in [-0.25, -0.2) is 38.7 Å². The molecule has 2 aliphatic heterocycles. The van der Waals surface area contributed by atoms with E-state index in [1.54, 1.807) is 0 Å². The highest BCUT2D eigenvalue weighted by molar-refractivity contribution is 8.39. The average Bonchev–Trinajstić information content (AvgIpc) is 3.83. The number of ether oxygens (including phenoxy) is 2. The predicted molar refractivity (Wildman–Crippen MR) is 173 cm³/mol. The fourth-order valence-electron chi connectivity index (χ4n) is 5.36. The van der Waals surface area contributed by atoms with E-state index in [0.717, 1.165) is 0 Å². The smallest absolute Gasteiger partial charge is 0.243 e. The maximum absolute atomic E-state index is 15.2. The minimum Gasteiger partial charge on any atom is -0.394 e. The lowest BCUT2D eigenvalue weighted by Crippen LogP contribution is -2.31. The lowest BCUT2D eigenvalue weighted by atomic mass is 10.1. The summed E-state index contributed by atoms with van der Waals surface area (Å²) < 4.78 is 77.5. The summed E-state index contributed by atoms with van der Waals surface area (Å²) in [5.41, 5.74) is 1.11. The Hall–Kier alpha value is -2.96. The Kier molecular flexibility index (Phi) is 11.1. The third-order valence-electron chi connectivity index (χ3n) is 7.45. The van der Waals surface area contributed by atoms with Gasteiger partial charge in [-0.05, 0) is 0 Å². The zero-order chi connectivity index (χ0) is 33.9. The topological polar surface area (TPSA) is 223 Å². The molecule has 10 atom stereocenters. The normalized spacial score (nSPS) is 28.4. The Labute approximate surface area is 281 Å². The van der Waals surface area contributed by atoms with E-state index in [1.165, 1.54) is 34.4 Å². The maximum Gasteiger partial charge on any atom is 0.243 e. The molecule has 18 nitrogen and oxygen atoms in total. The quantitative estimate of drug-likeness (QED) is 0.0684. The number of halogens is 2. The van der Waals surface area contributed by atoms with Gasteiger partial charge in [0.25, 0.3) is 0 Å². The highest BCUT2D eigenvalue weighted by Crippen LogP contribution is 2.42. The number of hydrogen-bond donors (Lipinski definition) is 6. The number of fused-ring (bicyclic) bond motifs is 2. The van der Waals surface area contributed by atoms with Crippen molar-refractivity contribution in [3.05, 3.63) is 25.3 Å². The third kappa shape index (κ3) is 7.03. The van der Waals surface area contributed by atoms with Gasteiger partial charge in [-0.3, -0.25) is 18.3 Å². The highest BCUT2D eigenvalue weighted by atomic mass is 32.7. The number of aliphatic hydroxyl groups is 2. The summed E-state index contributed by atoms with van der Waals surface area (Å²) in [6.07, 6.45) is -5.64. The first-order chi connectivity index (χ1) is 23.2. The van der Waals surface area contributed by atoms with E-state index in [4.69, 9.17) is 18.5 Å². The van der Waals surface area contributed by atoms with Gasteiger partial charge >= 0.3 is 0 Å². The molecule has 2 unspecified atom stereocenters. The minimum atomic E-state index is -2.80. The Balaban J connectivity index is 1.08. The van der Waals surface area contributed by atoms with Gasteiger partial charge in [-0.1, -0.05) is 36.3 Å². The molecule has 2 aliphatic rings. The summed E-state index contributed by atoms with van der Waals surface area (Å²) >= 11 is 7.41. The van der Waals surface area contributed by atoms with Crippen molar-refractivity contribution in [2.45, 2.75) is 49.2 Å². The monoisotopic (exact) mass is 748 g/mol. The van der Waals surface area contributed by atoms with Crippen LogP contribution in [-0.2, 0) is 27.7 Å². The average molecular weight is 749 g/mol. The van der Waals surface area contributed by atoms with Gasteiger partial charge in [0.05, 0.1) is 39.0 Å². The number of aromatic nitrogens is 8. The van der Waals surface area contributed by atoms with E-state index in [-0.39, 0.29) is 24.4 Å². The molecule has 0 amide bonds. The van der Waals surface area contributed by atoms with Crippen molar-refractivity contribution in [1.29, 1.82) is 0 Å². The van der Waals surface area contributed by atoms with Gasteiger partial charge < -0.3 is 39.4 Å². The number of rotatable bonds is 12. The van der Waals surface area contributed by atoms with Crippen LogP contribution in [0, 0.1) is 11.8 Å². The summed E-state index contributed by atoms with van der Waals surface area (Å²) in [4.78, 5) is 25.3. The number of nitrogens with one attached hydrogen (secondary N) is 2. The molecular formula is C24H28F2N10O8P2S2. The summed E-state index contributed by atoms with van der Waals surface area (Å²) in [6, 6.07) is 0. The van der Waals surface area contributed by atoms with Gasteiger partial charge in [0.15, 0.2) is 58.8 Å². The Morgan fingerprint density at radius 2 is 1.19 bits per heavy atom. The fraction of sp³-hybridized carbons (Fsp3) is 0.500. The summed E-state index contributed by atoms with van der Waals surface area (Å²) in [6.45, 7) is -0.832. The Morgan fingerprint density at radius 1 is 0.771 bits per heavy atom. The molecular weight excluding hydrogens is 720 g/mol. The van der Waals surface area contributed by atoms with Crippen molar-refractivity contribution in [3.63, 3.8) is 0 Å². The SMILES string of the molecule is O=[PH](S)O[C@H]1[C@@H](F)[C@H](n2cnc3c(NCC#CCNc4ncnc5c4ncn5[C@@H]4O[C@H](CO)[C@@H](O[PH](=O)S)[C@H]4F)ncnc32)O[C@@H]1CO. The number of thiol groups is 2. The van der Waals surface area contributed by atoms with Crippen LogP contribution in [0.25, 0.3) is 22.3 Å². The van der Waals surface area contributed by atoms with Crippen molar-refractivity contribution in [2.75, 3.05) is 36.9 Å². The van der Waals surface area contributed by atoms with E-state index >= 15 is 8.78 Å². The molecule has 258 valence electrons. The minimum absolute atomic E-state index is 0.142. The number of imidazole rings is 2. The molecule has 4 aromatic rings. The van der Waals surface area contributed by atoms with Gasteiger partial charge in [0.2, 0.25) is 14.5 Å². The molecule has 24 heteroatoms. The first kappa shape index (κ1) is 34.9. The predicted octanol–water partition coefficient (Wildman–Crippen LogP) is 1.36. The Bertz CT molecular complexity index is 1750.